The third-order valence-electron chi connectivity index (χ3n) is 4.05. The van der Waals surface area contributed by atoms with Crippen molar-refractivity contribution >= 4 is 17.2 Å². The van der Waals surface area contributed by atoms with Gasteiger partial charge in [0, 0.05) is 24.0 Å². The summed E-state index contributed by atoms with van der Waals surface area (Å²) < 4.78 is 0. The molecule has 0 spiro atoms. The number of rotatable bonds is 4. The van der Waals surface area contributed by atoms with Crippen molar-refractivity contribution in [2.45, 2.75) is 51.4 Å². The van der Waals surface area contributed by atoms with E-state index in [0.29, 0.717) is 19.4 Å². The smallest absolute Gasteiger partial charge is 0.240 e. The average molecular weight is 291 g/mol. The molecule has 1 aliphatic carbocycles. The van der Waals surface area contributed by atoms with Crippen molar-refractivity contribution in [2.75, 3.05) is 6.54 Å². The summed E-state index contributed by atoms with van der Waals surface area (Å²) in [6.07, 6.45) is 7.38. The van der Waals surface area contributed by atoms with Gasteiger partial charge in [0.1, 0.15) is 5.41 Å². The zero-order valence-electron chi connectivity index (χ0n) is 11.9. The second kappa shape index (κ2) is 6.85. The third kappa shape index (κ3) is 3.37. The first kappa shape index (κ1) is 15.0. The van der Waals surface area contributed by atoms with Crippen molar-refractivity contribution in [1.29, 1.82) is 5.26 Å². The quantitative estimate of drug-likeness (QED) is 0.866. The minimum absolute atomic E-state index is 0.0923. The first-order valence-corrected chi connectivity index (χ1v) is 8.15. The van der Waals surface area contributed by atoms with Gasteiger partial charge in [0.25, 0.3) is 0 Å². The van der Waals surface area contributed by atoms with E-state index in [1.165, 1.54) is 0 Å². The Bertz CT molecular complexity index is 470. The highest BCUT2D eigenvalue weighted by atomic mass is 32.1. The van der Waals surface area contributed by atoms with E-state index in [0.717, 1.165) is 30.7 Å². The van der Waals surface area contributed by atoms with Crippen LogP contribution in [0.4, 0.5) is 0 Å². The van der Waals surface area contributed by atoms with Crippen LogP contribution < -0.4 is 5.32 Å². The van der Waals surface area contributed by atoms with E-state index in [4.69, 9.17) is 0 Å². The molecule has 4 nitrogen and oxygen atoms in total. The maximum Gasteiger partial charge on any atom is 0.240 e. The molecule has 108 valence electrons. The number of thiazole rings is 1. The van der Waals surface area contributed by atoms with Gasteiger partial charge in [0.05, 0.1) is 11.1 Å². The van der Waals surface area contributed by atoms with Gasteiger partial charge in [-0.3, -0.25) is 4.79 Å². The van der Waals surface area contributed by atoms with E-state index in [-0.39, 0.29) is 11.8 Å². The van der Waals surface area contributed by atoms with Gasteiger partial charge in [-0.25, -0.2) is 4.98 Å². The van der Waals surface area contributed by atoms with E-state index in [1.54, 1.807) is 17.5 Å². The molecule has 1 aliphatic rings. The summed E-state index contributed by atoms with van der Waals surface area (Å²) >= 11 is 1.60. The molecule has 1 heterocycles. The molecule has 0 radical (unpaired) electrons. The summed E-state index contributed by atoms with van der Waals surface area (Å²) in [6, 6.07) is 2.29. The highest BCUT2D eigenvalue weighted by Crippen LogP contribution is 2.34. The van der Waals surface area contributed by atoms with E-state index in [9.17, 15) is 10.1 Å². The first-order chi connectivity index (χ1) is 9.68. The van der Waals surface area contributed by atoms with Crippen LogP contribution in [0.2, 0.25) is 0 Å². The van der Waals surface area contributed by atoms with Crippen LogP contribution >= 0.6 is 11.3 Å². The normalized spacial score (nSPS) is 19.6. The Morgan fingerprint density at radius 2 is 2.20 bits per heavy atom. The third-order valence-corrected chi connectivity index (χ3v) is 5.05. The average Bonchev–Trinajstić information content (AvgIpc) is 2.89. The van der Waals surface area contributed by atoms with Gasteiger partial charge in [-0.2, -0.15) is 5.26 Å². The summed E-state index contributed by atoms with van der Waals surface area (Å²) in [4.78, 5) is 16.7. The Morgan fingerprint density at radius 3 is 2.75 bits per heavy atom. The number of nitrogens with zero attached hydrogens (tertiary/aromatic N) is 2. The van der Waals surface area contributed by atoms with Crippen LogP contribution in [0, 0.1) is 16.7 Å². The molecule has 1 unspecified atom stereocenters. The molecule has 5 heteroatoms. The lowest BCUT2D eigenvalue weighted by Gasteiger charge is -2.24. The molecule has 0 aromatic carbocycles. The van der Waals surface area contributed by atoms with Gasteiger partial charge >= 0.3 is 0 Å². The van der Waals surface area contributed by atoms with Gasteiger partial charge in [-0.05, 0) is 12.8 Å². The highest BCUT2D eigenvalue weighted by Gasteiger charge is 2.38. The Labute approximate surface area is 124 Å². The Hall–Kier alpha value is -1.41. The lowest BCUT2D eigenvalue weighted by atomic mass is 9.81. The van der Waals surface area contributed by atoms with Crippen molar-refractivity contribution in [2.24, 2.45) is 5.41 Å². The fraction of sp³-hybridized carbons (Fsp3) is 0.667. The van der Waals surface area contributed by atoms with Crippen LogP contribution in [0.3, 0.4) is 0 Å². The molecule has 20 heavy (non-hydrogen) atoms. The number of nitrogens with one attached hydrogen (secondary N) is 1. The molecule has 1 amide bonds. The van der Waals surface area contributed by atoms with Gasteiger partial charge < -0.3 is 5.32 Å². The Morgan fingerprint density at radius 1 is 1.50 bits per heavy atom. The van der Waals surface area contributed by atoms with Crippen molar-refractivity contribution in [3.05, 3.63) is 16.6 Å². The van der Waals surface area contributed by atoms with Crippen LogP contribution in [-0.4, -0.2) is 17.4 Å². The van der Waals surface area contributed by atoms with Gasteiger partial charge in [0.2, 0.25) is 5.91 Å². The topological polar surface area (TPSA) is 65.8 Å². The highest BCUT2D eigenvalue weighted by molar-refractivity contribution is 7.09. The van der Waals surface area contributed by atoms with Gasteiger partial charge in [-0.15, -0.1) is 11.3 Å². The van der Waals surface area contributed by atoms with Crippen LogP contribution in [0.5, 0.6) is 0 Å². The molecule has 1 aromatic rings. The molecule has 1 saturated carbocycles. The number of carbonyl (C=O) groups is 1. The number of aromatic nitrogens is 1. The van der Waals surface area contributed by atoms with Crippen molar-refractivity contribution in [3.63, 3.8) is 0 Å². The van der Waals surface area contributed by atoms with Crippen LogP contribution in [-0.2, 0) is 4.79 Å². The van der Waals surface area contributed by atoms with Gasteiger partial charge in [0.15, 0.2) is 0 Å². The molecule has 2 rings (SSSR count). The summed E-state index contributed by atoms with van der Waals surface area (Å²) in [5.41, 5.74) is -0.806. The Kier molecular flexibility index (Phi) is 5.13. The summed E-state index contributed by atoms with van der Waals surface area (Å²) in [6.45, 7) is 2.60. The molecular weight excluding hydrogens is 270 g/mol. The molecule has 0 aliphatic heterocycles. The molecular formula is C15H21N3OS. The lowest BCUT2D eigenvalue weighted by molar-refractivity contribution is -0.128. The second-order valence-electron chi connectivity index (χ2n) is 5.59. The first-order valence-electron chi connectivity index (χ1n) is 7.27. The van der Waals surface area contributed by atoms with Crippen molar-refractivity contribution in [3.8, 4) is 6.07 Å². The minimum Gasteiger partial charge on any atom is -0.354 e. The minimum atomic E-state index is -0.806. The fourth-order valence-corrected chi connectivity index (χ4v) is 3.40. The van der Waals surface area contributed by atoms with Crippen LogP contribution in [0.1, 0.15) is 56.4 Å². The monoisotopic (exact) mass is 291 g/mol. The molecule has 1 aromatic heterocycles. The lowest BCUT2D eigenvalue weighted by Crippen LogP contribution is -2.41. The molecule has 1 fully saturated rings. The van der Waals surface area contributed by atoms with Crippen molar-refractivity contribution < 1.29 is 4.79 Å². The summed E-state index contributed by atoms with van der Waals surface area (Å²) in [5.74, 6) is 0.103. The number of amides is 1. The number of hydrogen-bond donors (Lipinski definition) is 1. The predicted molar refractivity (Wildman–Crippen MR) is 79.3 cm³/mol. The largest absolute Gasteiger partial charge is 0.354 e. The number of nitriles is 1. The Balaban J connectivity index is 1.94. The number of hydrogen-bond acceptors (Lipinski definition) is 4. The zero-order valence-corrected chi connectivity index (χ0v) is 12.7. The van der Waals surface area contributed by atoms with E-state index < -0.39 is 5.41 Å². The zero-order chi connectivity index (χ0) is 14.4. The van der Waals surface area contributed by atoms with Crippen molar-refractivity contribution in [1.82, 2.24) is 10.3 Å². The maximum absolute atomic E-state index is 12.4. The van der Waals surface area contributed by atoms with Gasteiger partial charge in [-0.1, -0.05) is 32.6 Å². The fourth-order valence-electron chi connectivity index (χ4n) is 2.70. The summed E-state index contributed by atoms with van der Waals surface area (Å²) in [5, 5.41) is 15.4. The van der Waals surface area contributed by atoms with E-state index in [1.807, 2.05) is 12.3 Å². The van der Waals surface area contributed by atoms with Crippen LogP contribution in [0.15, 0.2) is 11.6 Å². The molecule has 1 atom stereocenters. The maximum atomic E-state index is 12.4. The molecule has 1 N–H and O–H groups in total. The van der Waals surface area contributed by atoms with Crippen LogP contribution in [0.25, 0.3) is 0 Å². The predicted octanol–water partition coefficient (Wildman–Crippen LogP) is 3.23. The standard InChI is InChI=1S/C15H21N3OS/c1-12(13-17-8-9-20-13)10-18-14(19)15(11-16)6-4-2-3-5-7-15/h8-9,12H,2-7,10H2,1H3,(H,18,19). The molecule has 0 saturated heterocycles. The van der Waals surface area contributed by atoms with E-state index >= 15 is 0 Å². The van der Waals surface area contributed by atoms with E-state index in [2.05, 4.69) is 16.4 Å². The molecule has 0 bridgehead atoms. The summed E-state index contributed by atoms with van der Waals surface area (Å²) in [7, 11) is 0. The second-order valence-corrected chi connectivity index (χ2v) is 6.52. The number of carbonyl (C=O) groups excluding carboxylic acids is 1. The SMILES string of the molecule is CC(CNC(=O)C1(C#N)CCCCCC1)c1nccs1.